The van der Waals surface area contributed by atoms with Gasteiger partial charge in [0.15, 0.2) is 17.3 Å². The summed E-state index contributed by atoms with van der Waals surface area (Å²) >= 11 is 11.9. The lowest BCUT2D eigenvalue weighted by atomic mass is 9.99. The molecule has 33 heavy (non-hydrogen) atoms. The minimum atomic E-state index is -0.706. The van der Waals surface area contributed by atoms with Crippen molar-refractivity contribution in [3.05, 3.63) is 51.9 Å². The quantitative estimate of drug-likeness (QED) is 0.309. The molecule has 174 valence electrons. The van der Waals surface area contributed by atoms with Crippen molar-refractivity contribution in [1.29, 1.82) is 5.26 Å². The lowest BCUT2D eigenvalue weighted by molar-refractivity contribution is 0.160. The van der Waals surface area contributed by atoms with Crippen molar-refractivity contribution in [2.24, 2.45) is 5.92 Å². The number of rotatable bonds is 9. The molecular formula is C25H26Cl2FN3O2. The third-order valence-corrected chi connectivity index (χ3v) is 6.46. The van der Waals surface area contributed by atoms with Gasteiger partial charge in [-0.3, -0.25) is 4.98 Å². The third-order valence-electron chi connectivity index (χ3n) is 5.68. The molecule has 0 aliphatic rings. The van der Waals surface area contributed by atoms with E-state index in [1.54, 1.807) is 19.2 Å². The van der Waals surface area contributed by atoms with E-state index in [-0.39, 0.29) is 27.4 Å². The van der Waals surface area contributed by atoms with Crippen LogP contribution in [0.1, 0.15) is 45.6 Å². The highest BCUT2D eigenvalue weighted by molar-refractivity contribution is 6.42. The molecule has 0 saturated heterocycles. The maximum Gasteiger partial charge on any atom is 0.166 e. The molecule has 0 aliphatic carbocycles. The van der Waals surface area contributed by atoms with Gasteiger partial charge in [-0.1, -0.05) is 50.4 Å². The van der Waals surface area contributed by atoms with Gasteiger partial charge in [0, 0.05) is 17.6 Å². The first-order valence-electron chi connectivity index (χ1n) is 10.8. The van der Waals surface area contributed by atoms with E-state index in [0.717, 1.165) is 19.3 Å². The lowest BCUT2D eigenvalue weighted by Crippen LogP contribution is -2.19. The normalized spacial score (nSPS) is 12.8. The van der Waals surface area contributed by atoms with Crippen molar-refractivity contribution in [1.82, 2.24) is 4.98 Å². The molecule has 0 saturated carbocycles. The van der Waals surface area contributed by atoms with Gasteiger partial charge in [-0.2, -0.15) is 5.26 Å². The largest absolute Gasteiger partial charge is 0.493 e. The smallest absolute Gasteiger partial charge is 0.166 e. The van der Waals surface area contributed by atoms with E-state index in [4.69, 9.17) is 32.7 Å². The molecule has 0 fully saturated rings. The second-order valence-electron chi connectivity index (χ2n) is 7.92. The van der Waals surface area contributed by atoms with Crippen LogP contribution < -0.4 is 14.8 Å². The fourth-order valence-electron chi connectivity index (χ4n) is 3.52. The van der Waals surface area contributed by atoms with Crippen LogP contribution in [0.4, 0.5) is 15.8 Å². The number of pyridine rings is 1. The molecule has 8 heteroatoms. The summed E-state index contributed by atoms with van der Waals surface area (Å²) in [6.45, 7) is 6.43. The second-order valence-corrected chi connectivity index (χ2v) is 8.71. The summed E-state index contributed by atoms with van der Waals surface area (Å²) in [6, 6.07) is 8.59. The van der Waals surface area contributed by atoms with Gasteiger partial charge >= 0.3 is 0 Å². The summed E-state index contributed by atoms with van der Waals surface area (Å²) in [7, 11) is 1.57. The second kappa shape index (κ2) is 10.9. The fraction of sp³-hybridized carbons (Fsp3) is 0.360. The summed E-state index contributed by atoms with van der Waals surface area (Å²) in [5, 5.41) is 13.2. The number of halogens is 3. The van der Waals surface area contributed by atoms with E-state index >= 15 is 0 Å². The molecular weight excluding hydrogens is 464 g/mol. The Morgan fingerprint density at radius 2 is 1.94 bits per heavy atom. The van der Waals surface area contributed by atoms with Crippen LogP contribution in [0.3, 0.4) is 0 Å². The number of hydrogen-bond donors (Lipinski definition) is 1. The van der Waals surface area contributed by atoms with Gasteiger partial charge < -0.3 is 14.8 Å². The Hall–Kier alpha value is -2.75. The predicted octanol–water partition coefficient (Wildman–Crippen LogP) is 7.90. The SMILES string of the molecule is CCC(C)CC(CC)Oc1cc2c(Nc3ccc(Cl)c(Cl)c3F)c(C#N)cnc2cc1OC. The maximum absolute atomic E-state index is 14.7. The summed E-state index contributed by atoms with van der Waals surface area (Å²) in [6.07, 6.45) is 4.24. The third kappa shape index (κ3) is 5.43. The standard InChI is InChI=1S/C25H26Cl2FN3O2/c1-5-14(3)9-16(6-2)33-22-10-17-20(11-21(22)32-4)30-13-15(12-29)25(17)31-19-8-7-18(26)23(27)24(19)28/h7-8,10-11,13-14,16H,5-6,9H2,1-4H3,(H,30,31). The average molecular weight is 490 g/mol. The van der Waals surface area contributed by atoms with Crippen LogP contribution in [0.15, 0.2) is 30.5 Å². The Balaban J connectivity index is 2.12. The van der Waals surface area contributed by atoms with Gasteiger partial charge in [0.2, 0.25) is 0 Å². The molecule has 0 spiro atoms. The molecule has 1 heterocycles. The molecule has 2 atom stereocenters. The summed E-state index contributed by atoms with van der Waals surface area (Å²) < 4.78 is 26.6. The highest BCUT2D eigenvalue weighted by Crippen LogP contribution is 2.39. The zero-order valence-electron chi connectivity index (χ0n) is 19.0. The van der Waals surface area contributed by atoms with Gasteiger partial charge in [-0.15, -0.1) is 0 Å². The highest BCUT2D eigenvalue weighted by atomic mass is 35.5. The van der Waals surface area contributed by atoms with Crippen LogP contribution in [0, 0.1) is 23.1 Å². The topological polar surface area (TPSA) is 67.2 Å². The number of benzene rings is 2. The van der Waals surface area contributed by atoms with Crippen molar-refractivity contribution in [3.8, 4) is 17.6 Å². The molecule has 0 bridgehead atoms. The van der Waals surface area contributed by atoms with Crippen LogP contribution in [0.25, 0.3) is 10.9 Å². The number of nitrogens with one attached hydrogen (secondary N) is 1. The Labute approximate surface area is 203 Å². The van der Waals surface area contributed by atoms with Crippen molar-refractivity contribution >= 4 is 45.5 Å². The number of fused-ring (bicyclic) bond motifs is 1. The van der Waals surface area contributed by atoms with E-state index in [2.05, 4.69) is 37.1 Å². The van der Waals surface area contributed by atoms with Crippen LogP contribution in [0.2, 0.25) is 10.0 Å². The molecule has 3 rings (SSSR count). The molecule has 2 unspecified atom stereocenters. The van der Waals surface area contributed by atoms with E-state index in [0.29, 0.717) is 34.0 Å². The Bertz CT molecular complexity index is 1200. The zero-order chi connectivity index (χ0) is 24.1. The zero-order valence-corrected chi connectivity index (χ0v) is 20.5. The lowest BCUT2D eigenvalue weighted by Gasteiger charge is -2.22. The van der Waals surface area contributed by atoms with Crippen molar-refractivity contribution < 1.29 is 13.9 Å². The van der Waals surface area contributed by atoms with Crippen LogP contribution in [0.5, 0.6) is 11.5 Å². The van der Waals surface area contributed by atoms with Gasteiger partial charge in [0.05, 0.1) is 45.7 Å². The number of methoxy groups -OCH3 is 1. The maximum atomic E-state index is 14.7. The van der Waals surface area contributed by atoms with E-state index in [1.165, 1.54) is 18.3 Å². The Kier molecular flexibility index (Phi) is 8.23. The number of aromatic nitrogens is 1. The average Bonchev–Trinajstić information content (AvgIpc) is 2.83. The molecule has 0 aliphatic heterocycles. The van der Waals surface area contributed by atoms with Crippen molar-refractivity contribution in [2.45, 2.75) is 46.1 Å². The van der Waals surface area contributed by atoms with E-state index in [9.17, 15) is 9.65 Å². The summed E-state index contributed by atoms with van der Waals surface area (Å²) in [4.78, 5) is 4.38. The number of nitrogens with zero attached hydrogens (tertiary/aromatic N) is 2. The molecule has 1 aromatic heterocycles. The fourth-order valence-corrected chi connectivity index (χ4v) is 3.83. The van der Waals surface area contributed by atoms with Crippen LogP contribution in [-0.4, -0.2) is 18.2 Å². The molecule has 3 aromatic rings. The number of hydrogen-bond acceptors (Lipinski definition) is 5. The van der Waals surface area contributed by atoms with Crippen molar-refractivity contribution in [2.75, 3.05) is 12.4 Å². The van der Waals surface area contributed by atoms with Crippen LogP contribution >= 0.6 is 23.2 Å². The molecule has 0 amide bonds. The number of nitriles is 1. The Morgan fingerprint density at radius 1 is 1.18 bits per heavy atom. The van der Waals surface area contributed by atoms with Gasteiger partial charge in [-0.25, -0.2) is 4.39 Å². The highest BCUT2D eigenvalue weighted by Gasteiger charge is 2.19. The molecule has 5 nitrogen and oxygen atoms in total. The van der Waals surface area contributed by atoms with Crippen molar-refractivity contribution in [3.63, 3.8) is 0 Å². The summed E-state index contributed by atoms with van der Waals surface area (Å²) in [5.74, 6) is 0.884. The first-order valence-corrected chi connectivity index (χ1v) is 11.6. The van der Waals surface area contributed by atoms with Gasteiger partial charge in [-0.05, 0) is 37.0 Å². The first kappa shape index (κ1) is 24.9. The molecule has 2 aromatic carbocycles. The van der Waals surface area contributed by atoms with Crippen LogP contribution in [-0.2, 0) is 0 Å². The number of ether oxygens (including phenoxy) is 2. The van der Waals surface area contributed by atoms with Gasteiger partial charge in [0.25, 0.3) is 0 Å². The predicted molar refractivity (Wildman–Crippen MR) is 131 cm³/mol. The van der Waals surface area contributed by atoms with E-state index < -0.39 is 5.82 Å². The molecule has 1 N–H and O–H groups in total. The van der Waals surface area contributed by atoms with Gasteiger partial charge in [0.1, 0.15) is 6.07 Å². The van der Waals surface area contributed by atoms with E-state index in [1.807, 2.05) is 0 Å². The monoisotopic (exact) mass is 489 g/mol. The summed E-state index contributed by atoms with van der Waals surface area (Å²) in [5.41, 5.74) is 1.30. The minimum Gasteiger partial charge on any atom is -0.493 e. The molecule has 0 radical (unpaired) electrons. The number of anilines is 2. The minimum absolute atomic E-state index is 0.00216. The Morgan fingerprint density at radius 3 is 2.58 bits per heavy atom. The first-order chi connectivity index (χ1) is 15.8.